The molecule has 2 aromatic carbocycles. The predicted octanol–water partition coefficient (Wildman–Crippen LogP) is 3.32. The van der Waals surface area contributed by atoms with Gasteiger partial charge in [-0.05, 0) is 56.0 Å². The second-order valence-corrected chi connectivity index (χ2v) is 11.8. The van der Waals surface area contributed by atoms with Crippen LogP contribution < -0.4 is 13.8 Å². The minimum atomic E-state index is -4.16. The molecule has 0 unspecified atom stereocenters. The first-order chi connectivity index (χ1) is 14.9. The Morgan fingerprint density at radius 2 is 1.69 bits per heavy atom. The fourth-order valence-electron chi connectivity index (χ4n) is 3.83. The number of anilines is 2. The van der Waals surface area contributed by atoms with Gasteiger partial charge in [-0.25, -0.2) is 21.1 Å². The van der Waals surface area contributed by atoms with Gasteiger partial charge in [0.1, 0.15) is 10.6 Å². The van der Waals surface area contributed by atoms with Crippen LogP contribution in [0.1, 0.15) is 38.8 Å². The second kappa shape index (κ2) is 8.40. The van der Waals surface area contributed by atoms with Gasteiger partial charge in [0, 0.05) is 0 Å². The number of sulfonamides is 2. The number of carbonyl (C=O) groups is 1. The highest BCUT2D eigenvalue weighted by Crippen LogP contribution is 2.39. The highest BCUT2D eigenvalue weighted by Gasteiger charge is 2.50. The summed E-state index contributed by atoms with van der Waals surface area (Å²) < 4.78 is 60.7. The summed E-state index contributed by atoms with van der Waals surface area (Å²) in [5.74, 6) is -0.922. The molecule has 8 nitrogen and oxygen atoms in total. The van der Waals surface area contributed by atoms with Crippen molar-refractivity contribution in [2.45, 2.75) is 45.4 Å². The molecule has 10 heteroatoms. The number of hydrogen-bond acceptors (Lipinski definition) is 6. The van der Waals surface area contributed by atoms with E-state index in [0.717, 1.165) is 17.2 Å². The van der Waals surface area contributed by atoms with Gasteiger partial charge in [0.25, 0.3) is 10.0 Å². The molecule has 1 heterocycles. The molecule has 2 aromatic rings. The normalized spacial score (nSPS) is 17.4. The van der Waals surface area contributed by atoms with Crippen LogP contribution in [0, 0.1) is 5.41 Å². The van der Waals surface area contributed by atoms with E-state index >= 15 is 0 Å². The van der Waals surface area contributed by atoms with Crippen LogP contribution in [0.2, 0.25) is 0 Å². The minimum Gasteiger partial charge on any atom is -0.495 e. The summed E-state index contributed by atoms with van der Waals surface area (Å²) in [5.41, 5.74) is 1.02. The van der Waals surface area contributed by atoms with Gasteiger partial charge in [-0.1, -0.05) is 32.0 Å². The van der Waals surface area contributed by atoms with Crippen LogP contribution >= 0.6 is 0 Å². The maximum atomic E-state index is 13.4. The molecule has 0 aliphatic carbocycles. The number of nitrogens with zero attached hydrogens (tertiary/aromatic N) is 1. The fourth-order valence-corrected chi connectivity index (χ4v) is 7.26. The van der Waals surface area contributed by atoms with Crippen molar-refractivity contribution in [3.05, 3.63) is 47.5 Å². The zero-order valence-electron chi connectivity index (χ0n) is 18.8. The minimum absolute atomic E-state index is 0.0385. The standard InChI is InChI=1S/C22H28N2O6S2/c1-6-15-9-8-10-16(7-2)20(15)23-32(28,29)19-13-17(11-12-18(19)30-5)24-21(25)22(3,4)14-31(24,26)27/h8-13,23H,6-7,14H2,1-5H3. The van der Waals surface area contributed by atoms with Gasteiger partial charge in [0.2, 0.25) is 15.9 Å². The number of methoxy groups -OCH3 is 1. The van der Waals surface area contributed by atoms with Crippen LogP contribution in [-0.4, -0.2) is 35.6 Å². The van der Waals surface area contributed by atoms with Gasteiger partial charge in [-0.2, -0.15) is 0 Å². The van der Waals surface area contributed by atoms with Crippen LogP contribution in [0.15, 0.2) is 41.3 Å². The zero-order chi connectivity index (χ0) is 23.9. The quantitative estimate of drug-likeness (QED) is 0.651. The van der Waals surface area contributed by atoms with Crippen LogP contribution in [0.5, 0.6) is 5.75 Å². The van der Waals surface area contributed by atoms with Gasteiger partial charge >= 0.3 is 0 Å². The number of nitrogens with one attached hydrogen (secondary N) is 1. The molecule has 1 N–H and O–H groups in total. The summed E-state index contributed by atoms with van der Waals surface area (Å²) in [5, 5.41) is 0. The van der Waals surface area contributed by atoms with E-state index in [4.69, 9.17) is 4.74 Å². The first kappa shape index (κ1) is 24.1. The lowest BCUT2D eigenvalue weighted by Gasteiger charge is -2.20. The molecule has 0 aromatic heterocycles. The van der Waals surface area contributed by atoms with Gasteiger partial charge < -0.3 is 4.74 Å². The molecule has 0 spiro atoms. The van der Waals surface area contributed by atoms with Crippen molar-refractivity contribution in [3.63, 3.8) is 0 Å². The van der Waals surface area contributed by atoms with E-state index in [-0.39, 0.29) is 22.1 Å². The smallest absolute Gasteiger partial charge is 0.265 e. The number of aryl methyl sites for hydroxylation is 2. The third-order valence-electron chi connectivity index (χ3n) is 5.49. The maximum absolute atomic E-state index is 13.4. The summed E-state index contributed by atoms with van der Waals surface area (Å²) in [6, 6.07) is 9.46. The van der Waals surface area contributed by atoms with E-state index in [1.807, 2.05) is 32.0 Å². The first-order valence-electron chi connectivity index (χ1n) is 10.3. The summed E-state index contributed by atoms with van der Waals surface area (Å²) in [6.45, 7) is 6.95. The van der Waals surface area contributed by atoms with E-state index in [2.05, 4.69) is 4.72 Å². The molecule has 1 aliphatic rings. The van der Waals surface area contributed by atoms with Crippen molar-refractivity contribution in [2.75, 3.05) is 21.9 Å². The summed E-state index contributed by atoms with van der Waals surface area (Å²) in [6.07, 6.45) is 1.25. The van der Waals surface area contributed by atoms with Crippen molar-refractivity contribution in [1.29, 1.82) is 0 Å². The number of carbonyl (C=O) groups excluding carboxylic acids is 1. The molecule has 1 saturated heterocycles. The largest absolute Gasteiger partial charge is 0.495 e. The molecule has 0 bridgehead atoms. The number of para-hydroxylation sites is 1. The molecule has 0 atom stereocenters. The van der Waals surface area contributed by atoms with Crippen molar-refractivity contribution < 1.29 is 26.4 Å². The number of benzene rings is 2. The summed E-state index contributed by atoms with van der Waals surface area (Å²) >= 11 is 0. The zero-order valence-corrected chi connectivity index (χ0v) is 20.4. The Morgan fingerprint density at radius 3 is 2.16 bits per heavy atom. The molecule has 0 saturated carbocycles. The highest BCUT2D eigenvalue weighted by atomic mass is 32.2. The monoisotopic (exact) mass is 480 g/mol. The van der Waals surface area contributed by atoms with Gasteiger partial charge in [0.05, 0.1) is 29.7 Å². The lowest BCUT2D eigenvalue weighted by molar-refractivity contribution is -0.123. The summed E-state index contributed by atoms with van der Waals surface area (Å²) in [4.78, 5) is 12.5. The Balaban J connectivity index is 2.14. The molecule has 1 aliphatic heterocycles. The lowest BCUT2D eigenvalue weighted by Crippen LogP contribution is -2.33. The number of rotatable bonds is 7. The Bertz CT molecular complexity index is 1250. The van der Waals surface area contributed by atoms with Crippen molar-refractivity contribution in [1.82, 2.24) is 0 Å². The molecule has 3 rings (SSSR count). The highest BCUT2D eigenvalue weighted by molar-refractivity contribution is 7.94. The van der Waals surface area contributed by atoms with Gasteiger partial charge in [-0.3, -0.25) is 9.52 Å². The van der Waals surface area contributed by atoms with Gasteiger partial charge in [-0.15, -0.1) is 0 Å². The Kier molecular flexibility index (Phi) is 6.32. The Hall–Kier alpha value is -2.59. The topological polar surface area (TPSA) is 110 Å². The van der Waals surface area contributed by atoms with E-state index in [1.165, 1.54) is 19.2 Å². The average Bonchev–Trinajstić information content (AvgIpc) is 2.89. The Labute approximate surface area is 189 Å². The van der Waals surface area contributed by atoms with Crippen molar-refractivity contribution >= 4 is 37.3 Å². The van der Waals surface area contributed by atoms with Crippen molar-refractivity contribution in [3.8, 4) is 5.75 Å². The lowest BCUT2D eigenvalue weighted by atomic mass is 9.95. The van der Waals surface area contributed by atoms with Crippen molar-refractivity contribution in [2.24, 2.45) is 5.41 Å². The summed E-state index contributed by atoms with van der Waals surface area (Å²) in [7, 11) is -6.77. The second-order valence-electron chi connectivity index (χ2n) is 8.31. The number of hydrogen-bond donors (Lipinski definition) is 1. The molecule has 174 valence electrons. The molecule has 1 amide bonds. The average molecular weight is 481 g/mol. The van der Waals surface area contributed by atoms with E-state index in [9.17, 15) is 21.6 Å². The van der Waals surface area contributed by atoms with E-state index in [0.29, 0.717) is 22.8 Å². The van der Waals surface area contributed by atoms with E-state index in [1.54, 1.807) is 13.8 Å². The van der Waals surface area contributed by atoms with Crippen LogP contribution in [-0.2, 0) is 37.7 Å². The van der Waals surface area contributed by atoms with Crippen LogP contribution in [0.4, 0.5) is 11.4 Å². The molecule has 0 radical (unpaired) electrons. The molecular formula is C22H28N2O6S2. The third-order valence-corrected chi connectivity index (χ3v) is 8.88. The fraction of sp³-hybridized carbons (Fsp3) is 0.409. The molecule has 1 fully saturated rings. The number of amides is 1. The molecular weight excluding hydrogens is 452 g/mol. The predicted molar refractivity (Wildman–Crippen MR) is 124 cm³/mol. The molecule has 32 heavy (non-hydrogen) atoms. The number of ether oxygens (including phenoxy) is 1. The first-order valence-corrected chi connectivity index (χ1v) is 13.4. The SMILES string of the molecule is CCc1cccc(CC)c1NS(=O)(=O)c1cc(N2C(=O)C(C)(C)CS2(=O)=O)ccc1OC. The third kappa shape index (κ3) is 4.21. The van der Waals surface area contributed by atoms with E-state index < -0.39 is 31.4 Å². The Morgan fingerprint density at radius 1 is 1.09 bits per heavy atom. The maximum Gasteiger partial charge on any atom is 0.265 e. The van der Waals surface area contributed by atoms with Gasteiger partial charge in [0.15, 0.2) is 0 Å². The van der Waals surface area contributed by atoms with Crippen LogP contribution in [0.25, 0.3) is 0 Å². The van der Waals surface area contributed by atoms with Crippen LogP contribution in [0.3, 0.4) is 0 Å².